The molecule has 1 fully saturated rings. The highest BCUT2D eigenvalue weighted by atomic mass is 35.5. The molecule has 0 spiro atoms. The van der Waals surface area contributed by atoms with Crippen molar-refractivity contribution in [1.29, 1.82) is 0 Å². The van der Waals surface area contributed by atoms with Crippen LogP contribution in [-0.2, 0) is 15.0 Å². The summed E-state index contributed by atoms with van der Waals surface area (Å²) in [5.41, 5.74) is 3.27. The monoisotopic (exact) mass is 714 g/mol. The molecule has 0 atom stereocenters. The van der Waals surface area contributed by atoms with Crippen LogP contribution in [0.1, 0.15) is 157 Å². The van der Waals surface area contributed by atoms with Gasteiger partial charge >= 0.3 is 0 Å². The fourth-order valence-corrected chi connectivity index (χ4v) is 5.93. The predicted octanol–water partition coefficient (Wildman–Crippen LogP) is 12.3. The van der Waals surface area contributed by atoms with Crippen LogP contribution < -0.4 is 5.32 Å². The van der Waals surface area contributed by atoms with Crippen LogP contribution in [0.15, 0.2) is 34.7 Å². The van der Waals surface area contributed by atoms with E-state index in [2.05, 4.69) is 72.6 Å². The van der Waals surface area contributed by atoms with Gasteiger partial charge in [-0.3, -0.25) is 14.4 Å². The Bertz CT molecular complexity index is 1540. The number of hydrogen-bond acceptors (Lipinski definition) is 5. The minimum Gasteiger partial charge on any atom is -0.451 e. The molecule has 50 heavy (non-hydrogen) atoms. The third-order valence-corrected chi connectivity index (χ3v) is 8.93. The number of furan rings is 1. The van der Waals surface area contributed by atoms with Crippen molar-refractivity contribution in [3.63, 3.8) is 0 Å². The molecule has 2 heterocycles. The average molecular weight is 715 g/mol. The first kappa shape index (κ1) is 45.0. The Labute approximate surface area is 306 Å². The normalized spacial score (nSPS) is 13.8. The third kappa shape index (κ3) is 13.9. The molecule has 1 aromatic carbocycles. The first-order chi connectivity index (χ1) is 23.2. The van der Waals surface area contributed by atoms with Crippen LogP contribution in [0.5, 0.6) is 0 Å². The number of amides is 1. The van der Waals surface area contributed by atoms with Gasteiger partial charge in [0.15, 0.2) is 11.3 Å². The molecule has 1 N–H and O–H groups in total. The zero-order valence-corrected chi connectivity index (χ0v) is 33.9. The lowest BCUT2D eigenvalue weighted by molar-refractivity contribution is -0.134. The van der Waals surface area contributed by atoms with Crippen LogP contribution in [0.4, 0.5) is 4.39 Å². The summed E-state index contributed by atoms with van der Waals surface area (Å²) in [6, 6.07) is 8.16. The van der Waals surface area contributed by atoms with Crippen molar-refractivity contribution in [1.82, 2.24) is 10.3 Å². The minimum atomic E-state index is -0.494. The minimum absolute atomic E-state index is 0.0419. The summed E-state index contributed by atoms with van der Waals surface area (Å²) in [6.45, 7) is 24.8. The molecular weight excluding hydrogens is 651 g/mol. The lowest BCUT2D eigenvalue weighted by atomic mass is 9.80. The molecule has 0 unspecified atom stereocenters. The van der Waals surface area contributed by atoms with Gasteiger partial charge in [-0.05, 0) is 55.2 Å². The largest absolute Gasteiger partial charge is 0.451 e. The van der Waals surface area contributed by atoms with E-state index in [9.17, 15) is 18.8 Å². The van der Waals surface area contributed by atoms with Gasteiger partial charge in [0.25, 0.3) is 0 Å². The van der Waals surface area contributed by atoms with Gasteiger partial charge in [-0.25, -0.2) is 9.37 Å². The third-order valence-electron chi connectivity index (χ3n) is 8.63. The fourth-order valence-electron chi connectivity index (χ4n) is 5.82. The van der Waals surface area contributed by atoms with Gasteiger partial charge in [-0.1, -0.05) is 126 Å². The summed E-state index contributed by atoms with van der Waals surface area (Å²) in [6.07, 6.45) is 9.57. The number of pyridine rings is 1. The van der Waals surface area contributed by atoms with Crippen molar-refractivity contribution in [3.8, 4) is 11.3 Å². The van der Waals surface area contributed by atoms with E-state index in [1.165, 1.54) is 37.8 Å². The maximum absolute atomic E-state index is 13.9. The van der Waals surface area contributed by atoms with E-state index in [-0.39, 0.29) is 39.2 Å². The van der Waals surface area contributed by atoms with E-state index in [0.717, 1.165) is 31.2 Å². The molecule has 8 heteroatoms. The highest BCUT2D eigenvalue weighted by molar-refractivity contribution is 6.30. The summed E-state index contributed by atoms with van der Waals surface area (Å²) in [7, 11) is 1.64. The Hall–Kier alpha value is -3.06. The van der Waals surface area contributed by atoms with Crippen LogP contribution in [-0.4, -0.2) is 29.5 Å². The van der Waals surface area contributed by atoms with Gasteiger partial charge in [-0.2, -0.15) is 0 Å². The fraction of sp³-hybridized carbons (Fsp3) is 0.619. The maximum atomic E-state index is 13.9. The van der Waals surface area contributed by atoms with Crippen LogP contribution in [0, 0.1) is 22.6 Å². The van der Waals surface area contributed by atoms with E-state index < -0.39 is 5.82 Å². The van der Waals surface area contributed by atoms with E-state index >= 15 is 0 Å². The second-order valence-corrected chi connectivity index (χ2v) is 16.4. The Balaban J connectivity index is 0.000000431. The Kier molecular flexibility index (Phi) is 18.1. The zero-order chi connectivity index (χ0) is 38.4. The predicted molar refractivity (Wildman–Crippen MR) is 207 cm³/mol. The molecule has 3 aromatic rings. The number of halogens is 2. The first-order valence-electron chi connectivity index (χ1n) is 18.3. The number of carbonyl (C=O) groups is 3. The number of ketones is 2. The molecule has 1 amide bonds. The van der Waals surface area contributed by atoms with Crippen molar-refractivity contribution < 1.29 is 23.2 Å². The number of Topliss-reactive ketones (excluding diaryl/α,β-unsaturated/α-hetero) is 2. The smallest absolute Gasteiger partial charge is 0.226 e. The first-order valence-corrected chi connectivity index (χ1v) is 18.7. The van der Waals surface area contributed by atoms with E-state index in [0.29, 0.717) is 40.0 Å². The van der Waals surface area contributed by atoms with Gasteiger partial charge in [0.2, 0.25) is 11.7 Å². The molecule has 6 nitrogen and oxygen atoms in total. The SMILES string of the molecule is CC(C)C(=O)c1cc2nc(-c3ccc(Cl)c(F)c3)cc(C(C)(C)C)c2o1.CCCC.CCCC(C)(C)C.CNC(=O)C1(CC(C)=O)CCCC1. The quantitative estimate of drug-likeness (QED) is 0.235. The van der Waals surface area contributed by atoms with Gasteiger partial charge in [-0.15, -0.1) is 0 Å². The number of unbranched alkanes of at least 4 members (excludes halogenated alkanes) is 1. The van der Waals surface area contributed by atoms with Crippen molar-refractivity contribution >= 4 is 40.2 Å². The summed E-state index contributed by atoms with van der Waals surface area (Å²) in [5, 5.41) is 2.73. The van der Waals surface area contributed by atoms with Gasteiger partial charge < -0.3 is 9.73 Å². The highest BCUT2D eigenvalue weighted by Gasteiger charge is 2.41. The number of nitrogens with one attached hydrogen (secondary N) is 1. The molecule has 2 aromatic heterocycles. The van der Waals surface area contributed by atoms with E-state index in [4.69, 9.17) is 16.0 Å². The van der Waals surface area contributed by atoms with Gasteiger partial charge in [0.1, 0.15) is 17.1 Å². The number of rotatable bonds is 8. The Morgan fingerprint density at radius 1 is 0.960 bits per heavy atom. The molecule has 1 aliphatic rings. The standard InChI is InChI=1S/C21H21ClFNO2.C10H17NO2.C7H16.C4H10/c1-11(2)19(25)18-10-17-20(26-18)13(21(3,4)5)9-16(24-17)12-6-7-14(22)15(23)8-12;1-8(12)7-10(9(13)11-2)5-3-4-6-10;1-5-6-7(2,3)4;1-3-4-2/h6-11H,1-5H3;3-7H2,1-2H3,(H,11,13);5-6H2,1-4H3;3-4H2,1-2H3. The lowest BCUT2D eigenvalue weighted by Crippen LogP contribution is -2.38. The van der Waals surface area contributed by atoms with Gasteiger partial charge in [0.05, 0.1) is 16.1 Å². The molecule has 1 saturated carbocycles. The average Bonchev–Trinajstić information content (AvgIpc) is 3.68. The molecule has 0 bridgehead atoms. The zero-order valence-electron chi connectivity index (χ0n) is 33.2. The molecule has 0 saturated heterocycles. The van der Waals surface area contributed by atoms with Crippen molar-refractivity contribution in [2.75, 3.05) is 7.05 Å². The van der Waals surface area contributed by atoms with Crippen LogP contribution in [0.25, 0.3) is 22.4 Å². The summed E-state index contributed by atoms with van der Waals surface area (Å²) < 4.78 is 19.8. The molecule has 1 aliphatic carbocycles. The van der Waals surface area contributed by atoms with Crippen molar-refractivity contribution in [3.05, 3.63) is 52.5 Å². The highest BCUT2D eigenvalue weighted by Crippen LogP contribution is 2.41. The number of benzene rings is 1. The number of nitrogens with zero attached hydrogens (tertiary/aromatic N) is 1. The maximum Gasteiger partial charge on any atom is 0.226 e. The lowest BCUT2D eigenvalue weighted by Gasteiger charge is -2.25. The Morgan fingerprint density at radius 3 is 1.94 bits per heavy atom. The molecular formula is C42H64ClFN2O4. The van der Waals surface area contributed by atoms with Crippen molar-refractivity contribution in [2.24, 2.45) is 16.7 Å². The molecule has 4 rings (SSSR count). The number of fused-ring (bicyclic) bond motifs is 1. The van der Waals surface area contributed by atoms with E-state index in [1.807, 2.05) is 19.9 Å². The number of hydrogen-bond donors (Lipinski definition) is 1. The summed E-state index contributed by atoms with van der Waals surface area (Å²) >= 11 is 5.79. The topological polar surface area (TPSA) is 89.3 Å². The van der Waals surface area contributed by atoms with Gasteiger partial charge in [0, 0.05) is 36.6 Å². The van der Waals surface area contributed by atoms with Crippen molar-refractivity contribution in [2.45, 2.75) is 146 Å². The number of aromatic nitrogens is 1. The molecule has 0 radical (unpaired) electrons. The molecule has 280 valence electrons. The van der Waals surface area contributed by atoms with E-state index in [1.54, 1.807) is 26.1 Å². The second kappa shape index (κ2) is 20.1. The van der Waals surface area contributed by atoms with Crippen LogP contribution in [0.2, 0.25) is 5.02 Å². The number of carbonyl (C=O) groups excluding carboxylic acids is 3. The summed E-state index contributed by atoms with van der Waals surface area (Å²) in [4.78, 5) is 39.6. The summed E-state index contributed by atoms with van der Waals surface area (Å²) in [5.74, 6) is -0.273. The van der Waals surface area contributed by atoms with Crippen LogP contribution in [0.3, 0.4) is 0 Å². The molecule has 0 aliphatic heterocycles. The second-order valence-electron chi connectivity index (χ2n) is 16.0. The Morgan fingerprint density at radius 2 is 1.54 bits per heavy atom. The van der Waals surface area contributed by atoms with Crippen LogP contribution >= 0.6 is 11.6 Å².